The van der Waals surface area contributed by atoms with Crippen molar-refractivity contribution in [1.82, 2.24) is 5.32 Å². The zero-order chi connectivity index (χ0) is 24.3. The SMILES string of the molecule is CNc1ccc(C(=O)NCCS)cc1C(C)(C)C/C=C/c1ccc(N(CCO)CCO)cc1. The number of carbonyl (C=O) groups excluding carboxylic acids is 1. The molecule has 0 aliphatic heterocycles. The van der Waals surface area contributed by atoms with Crippen LogP contribution in [0.5, 0.6) is 0 Å². The van der Waals surface area contributed by atoms with E-state index >= 15 is 0 Å². The van der Waals surface area contributed by atoms with Gasteiger partial charge in [0.1, 0.15) is 0 Å². The Morgan fingerprint density at radius 3 is 2.33 bits per heavy atom. The molecule has 1 amide bonds. The lowest BCUT2D eigenvalue weighted by molar-refractivity contribution is 0.0956. The van der Waals surface area contributed by atoms with E-state index in [9.17, 15) is 15.0 Å². The number of anilines is 2. The topological polar surface area (TPSA) is 84.8 Å². The Morgan fingerprint density at radius 1 is 1.09 bits per heavy atom. The molecule has 0 atom stereocenters. The smallest absolute Gasteiger partial charge is 0.251 e. The van der Waals surface area contributed by atoms with Crippen molar-refractivity contribution in [3.05, 3.63) is 65.2 Å². The van der Waals surface area contributed by atoms with Crippen LogP contribution in [-0.4, -0.2) is 61.8 Å². The van der Waals surface area contributed by atoms with Crippen LogP contribution in [0.4, 0.5) is 11.4 Å². The Morgan fingerprint density at radius 2 is 1.76 bits per heavy atom. The van der Waals surface area contributed by atoms with Crippen molar-refractivity contribution < 1.29 is 15.0 Å². The number of nitrogens with zero attached hydrogens (tertiary/aromatic N) is 1. The molecule has 0 spiro atoms. The van der Waals surface area contributed by atoms with E-state index < -0.39 is 0 Å². The van der Waals surface area contributed by atoms with Crippen LogP contribution in [0.3, 0.4) is 0 Å². The second-order valence-corrected chi connectivity index (χ2v) is 8.95. The van der Waals surface area contributed by atoms with Gasteiger partial charge in [0.2, 0.25) is 0 Å². The van der Waals surface area contributed by atoms with Gasteiger partial charge in [-0.2, -0.15) is 12.6 Å². The molecule has 0 aliphatic carbocycles. The van der Waals surface area contributed by atoms with Crippen molar-refractivity contribution in [2.24, 2.45) is 0 Å². The molecule has 0 saturated carbocycles. The van der Waals surface area contributed by atoms with E-state index in [1.165, 1.54) is 0 Å². The number of carbonyl (C=O) groups is 1. The molecule has 0 bridgehead atoms. The van der Waals surface area contributed by atoms with Crippen molar-refractivity contribution in [2.45, 2.75) is 25.7 Å². The summed E-state index contributed by atoms with van der Waals surface area (Å²) >= 11 is 4.15. The second-order valence-electron chi connectivity index (χ2n) is 8.51. The molecule has 180 valence electrons. The molecule has 0 fully saturated rings. The number of hydrogen-bond donors (Lipinski definition) is 5. The Balaban J connectivity index is 2.14. The zero-order valence-corrected chi connectivity index (χ0v) is 20.7. The molecule has 2 aromatic rings. The average Bonchev–Trinajstić information content (AvgIpc) is 2.82. The van der Waals surface area contributed by atoms with Gasteiger partial charge in [0.05, 0.1) is 13.2 Å². The summed E-state index contributed by atoms with van der Waals surface area (Å²) in [5.74, 6) is 0.515. The third kappa shape index (κ3) is 7.81. The van der Waals surface area contributed by atoms with Crippen LogP contribution in [0.1, 0.15) is 41.8 Å². The quantitative estimate of drug-likeness (QED) is 0.289. The molecule has 0 unspecified atom stereocenters. The van der Waals surface area contributed by atoms with Crippen LogP contribution in [-0.2, 0) is 5.41 Å². The summed E-state index contributed by atoms with van der Waals surface area (Å²) in [5.41, 5.74) is 4.61. The van der Waals surface area contributed by atoms with Crippen molar-refractivity contribution in [2.75, 3.05) is 55.9 Å². The molecule has 6 nitrogen and oxygen atoms in total. The Hall–Kier alpha value is -2.48. The Kier molecular flexibility index (Phi) is 10.8. The van der Waals surface area contributed by atoms with Crippen molar-refractivity contribution in [3.8, 4) is 0 Å². The fourth-order valence-electron chi connectivity index (χ4n) is 3.74. The first-order valence-corrected chi connectivity index (χ1v) is 11.9. The van der Waals surface area contributed by atoms with Crippen LogP contribution in [0.25, 0.3) is 6.08 Å². The number of allylic oxidation sites excluding steroid dienone is 1. The molecule has 0 saturated heterocycles. The summed E-state index contributed by atoms with van der Waals surface area (Å²) in [6.45, 7) is 5.95. The maximum atomic E-state index is 12.4. The molecule has 0 radical (unpaired) electrons. The highest BCUT2D eigenvalue weighted by atomic mass is 32.1. The maximum absolute atomic E-state index is 12.4. The molecule has 0 heterocycles. The van der Waals surface area contributed by atoms with Gasteiger partial charge in [-0.25, -0.2) is 0 Å². The Bertz CT molecular complexity index is 907. The van der Waals surface area contributed by atoms with Gasteiger partial charge in [0.25, 0.3) is 5.91 Å². The molecule has 7 heteroatoms. The number of amides is 1. The summed E-state index contributed by atoms with van der Waals surface area (Å²) in [5, 5.41) is 24.6. The van der Waals surface area contributed by atoms with Gasteiger partial charge in [-0.1, -0.05) is 38.1 Å². The van der Waals surface area contributed by atoms with Gasteiger partial charge >= 0.3 is 0 Å². The lowest BCUT2D eigenvalue weighted by atomic mass is 9.79. The third-order valence-corrected chi connectivity index (χ3v) is 5.84. The van der Waals surface area contributed by atoms with Crippen LogP contribution < -0.4 is 15.5 Å². The average molecular weight is 472 g/mol. The predicted octanol–water partition coefficient (Wildman–Crippen LogP) is 3.56. The van der Waals surface area contributed by atoms with Gasteiger partial charge in [-0.05, 0) is 53.3 Å². The van der Waals surface area contributed by atoms with E-state index in [4.69, 9.17) is 0 Å². The van der Waals surface area contributed by atoms with E-state index in [2.05, 4.69) is 49.3 Å². The van der Waals surface area contributed by atoms with Gasteiger partial charge < -0.3 is 25.7 Å². The largest absolute Gasteiger partial charge is 0.395 e. The standard InChI is InChI=1S/C26H37N3O3S/c1-26(2,23-19-21(8-11-24(23)27-3)25(32)28-13-18-33)12-4-5-20-6-9-22(10-7-20)29(14-16-30)15-17-31/h4-11,19,27,30-31,33H,12-18H2,1-3H3,(H,28,32)/b5-4+. The van der Waals surface area contributed by atoms with E-state index in [1.807, 2.05) is 54.4 Å². The number of nitrogens with one attached hydrogen (secondary N) is 2. The number of rotatable bonds is 13. The third-order valence-electron chi connectivity index (χ3n) is 5.61. The van der Waals surface area contributed by atoms with Crippen LogP contribution in [0.15, 0.2) is 48.5 Å². The van der Waals surface area contributed by atoms with Crippen molar-refractivity contribution in [1.29, 1.82) is 0 Å². The lowest BCUT2D eigenvalue weighted by Gasteiger charge is -2.27. The van der Waals surface area contributed by atoms with E-state index in [0.29, 0.717) is 31.0 Å². The first-order valence-electron chi connectivity index (χ1n) is 11.3. The number of thiol groups is 1. The van der Waals surface area contributed by atoms with Gasteiger partial charge in [0, 0.05) is 49.4 Å². The Labute approximate surface area is 203 Å². The summed E-state index contributed by atoms with van der Waals surface area (Å²) in [6, 6.07) is 13.8. The number of aliphatic hydroxyl groups is 2. The molecule has 0 aliphatic rings. The van der Waals surface area contributed by atoms with Crippen molar-refractivity contribution in [3.63, 3.8) is 0 Å². The normalized spacial score (nSPS) is 11.6. The van der Waals surface area contributed by atoms with Gasteiger partial charge in [-0.3, -0.25) is 4.79 Å². The first-order chi connectivity index (χ1) is 15.9. The van der Waals surface area contributed by atoms with E-state index in [0.717, 1.165) is 28.9 Å². The van der Waals surface area contributed by atoms with Crippen LogP contribution in [0.2, 0.25) is 0 Å². The fraction of sp³-hybridized carbons (Fsp3) is 0.423. The highest BCUT2D eigenvalue weighted by Crippen LogP contribution is 2.34. The first kappa shape index (κ1) is 26.8. The van der Waals surface area contributed by atoms with E-state index in [-0.39, 0.29) is 24.5 Å². The molecule has 2 aromatic carbocycles. The maximum Gasteiger partial charge on any atom is 0.251 e. The molecular formula is C26H37N3O3S. The number of aliphatic hydroxyl groups excluding tert-OH is 2. The van der Waals surface area contributed by atoms with E-state index in [1.54, 1.807) is 0 Å². The minimum absolute atomic E-state index is 0.0450. The lowest BCUT2D eigenvalue weighted by Crippen LogP contribution is -2.29. The number of hydrogen-bond acceptors (Lipinski definition) is 6. The number of benzene rings is 2. The summed E-state index contributed by atoms with van der Waals surface area (Å²) < 4.78 is 0. The fourth-order valence-corrected chi connectivity index (χ4v) is 3.85. The molecule has 0 aromatic heterocycles. The zero-order valence-electron chi connectivity index (χ0n) is 19.8. The van der Waals surface area contributed by atoms with Crippen LogP contribution in [0, 0.1) is 0 Å². The van der Waals surface area contributed by atoms with Crippen molar-refractivity contribution >= 4 is 36.0 Å². The van der Waals surface area contributed by atoms with Gasteiger partial charge in [-0.15, -0.1) is 0 Å². The predicted molar refractivity (Wildman–Crippen MR) is 142 cm³/mol. The summed E-state index contributed by atoms with van der Waals surface area (Å²) in [6.07, 6.45) is 5.05. The van der Waals surface area contributed by atoms with Crippen LogP contribution >= 0.6 is 12.6 Å². The highest BCUT2D eigenvalue weighted by molar-refractivity contribution is 7.80. The minimum Gasteiger partial charge on any atom is -0.395 e. The minimum atomic E-state index is -0.187. The molecular weight excluding hydrogens is 434 g/mol. The highest BCUT2D eigenvalue weighted by Gasteiger charge is 2.23. The monoisotopic (exact) mass is 471 g/mol. The molecule has 2 rings (SSSR count). The van der Waals surface area contributed by atoms with Gasteiger partial charge in [0.15, 0.2) is 0 Å². The summed E-state index contributed by atoms with van der Waals surface area (Å²) in [4.78, 5) is 14.4. The molecule has 4 N–H and O–H groups in total. The molecule has 33 heavy (non-hydrogen) atoms. The summed E-state index contributed by atoms with van der Waals surface area (Å²) in [7, 11) is 1.89. The second kappa shape index (κ2) is 13.3.